The summed E-state index contributed by atoms with van der Waals surface area (Å²) in [5.41, 5.74) is 14.1. The van der Waals surface area contributed by atoms with E-state index in [0.29, 0.717) is 12.1 Å². The SMILES string of the molecule is Cc1cccc(C)c1C(C)NC1CC=CC2=C1C(N)=CCC2. The Balaban J connectivity index is 1.86. The first-order chi connectivity index (χ1) is 10.6. The first-order valence-electron chi connectivity index (χ1n) is 8.25. The van der Waals surface area contributed by atoms with Gasteiger partial charge in [0.1, 0.15) is 0 Å². The number of hydrogen-bond donors (Lipinski definition) is 2. The van der Waals surface area contributed by atoms with E-state index < -0.39 is 0 Å². The topological polar surface area (TPSA) is 38.0 Å². The zero-order chi connectivity index (χ0) is 15.7. The van der Waals surface area contributed by atoms with Crippen LogP contribution in [0.2, 0.25) is 0 Å². The second-order valence-electron chi connectivity index (χ2n) is 6.52. The molecule has 2 atom stereocenters. The van der Waals surface area contributed by atoms with Gasteiger partial charge in [-0.1, -0.05) is 36.4 Å². The molecule has 0 radical (unpaired) electrons. The zero-order valence-corrected chi connectivity index (χ0v) is 13.8. The number of rotatable bonds is 3. The fourth-order valence-electron chi connectivity index (χ4n) is 3.92. The van der Waals surface area contributed by atoms with Crippen molar-refractivity contribution in [3.05, 3.63) is 70.0 Å². The van der Waals surface area contributed by atoms with Crippen LogP contribution in [0.3, 0.4) is 0 Å². The van der Waals surface area contributed by atoms with Crippen LogP contribution >= 0.6 is 0 Å². The van der Waals surface area contributed by atoms with E-state index >= 15 is 0 Å². The van der Waals surface area contributed by atoms with Gasteiger partial charge in [-0.3, -0.25) is 0 Å². The first kappa shape index (κ1) is 15.1. The molecule has 0 heterocycles. The zero-order valence-electron chi connectivity index (χ0n) is 13.8. The summed E-state index contributed by atoms with van der Waals surface area (Å²) in [7, 11) is 0. The number of nitrogens with two attached hydrogens (primary N) is 1. The van der Waals surface area contributed by atoms with Gasteiger partial charge in [-0.05, 0) is 67.9 Å². The summed E-state index contributed by atoms with van der Waals surface area (Å²) in [6.45, 7) is 6.65. The number of hydrogen-bond acceptors (Lipinski definition) is 2. The van der Waals surface area contributed by atoms with E-state index in [1.165, 1.54) is 27.8 Å². The Morgan fingerprint density at radius 2 is 1.95 bits per heavy atom. The maximum atomic E-state index is 6.28. The monoisotopic (exact) mass is 294 g/mol. The van der Waals surface area contributed by atoms with Gasteiger partial charge < -0.3 is 11.1 Å². The molecule has 116 valence electrons. The summed E-state index contributed by atoms with van der Waals surface area (Å²) in [6.07, 6.45) is 9.92. The maximum absolute atomic E-state index is 6.28. The Labute approximate surface area is 133 Å². The van der Waals surface area contributed by atoms with Crippen LogP contribution in [-0.2, 0) is 0 Å². The highest BCUT2D eigenvalue weighted by molar-refractivity contribution is 5.47. The standard InChI is InChI=1S/C20H26N2/c1-13-7-4-8-14(2)19(13)15(3)22-18-12-6-10-16-9-5-11-17(21)20(16)18/h4,6-8,10-11,15,18,22H,5,9,12,21H2,1-3H3. The summed E-state index contributed by atoms with van der Waals surface area (Å²) in [4.78, 5) is 0. The molecule has 2 unspecified atom stereocenters. The molecular formula is C20H26N2. The third-order valence-corrected chi connectivity index (χ3v) is 4.90. The fourth-order valence-corrected chi connectivity index (χ4v) is 3.92. The summed E-state index contributed by atoms with van der Waals surface area (Å²) in [5, 5.41) is 3.82. The lowest BCUT2D eigenvalue weighted by Gasteiger charge is -2.32. The smallest absolute Gasteiger partial charge is 0.0383 e. The Kier molecular flexibility index (Phi) is 4.21. The van der Waals surface area contributed by atoms with E-state index in [4.69, 9.17) is 5.73 Å². The molecule has 0 fully saturated rings. The summed E-state index contributed by atoms with van der Waals surface area (Å²) in [5.74, 6) is 0. The largest absolute Gasteiger partial charge is 0.399 e. The molecule has 3 N–H and O–H groups in total. The Morgan fingerprint density at radius 1 is 1.23 bits per heavy atom. The Morgan fingerprint density at radius 3 is 2.68 bits per heavy atom. The quantitative estimate of drug-likeness (QED) is 0.876. The highest BCUT2D eigenvalue weighted by atomic mass is 15.0. The molecule has 0 saturated heterocycles. The van der Waals surface area contributed by atoms with E-state index in [2.05, 4.69) is 62.5 Å². The molecule has 0 spiro atoms. The lowest BCUT2D eigenvalue weighted by atomic mass is 9.84. The molecule has 1 aromatic rings. The van der Waals surface area contributed by atoms with Gasteiger partial charge in [0.2, 0.25) is 0 Å². The highest BCUT2D eigenvalue weighted by Crippen LogP contribution is 2.32. The van der Waals surface area contributed by atoms with Crippen molar-refractivity contribution in [2.45, 2.75) is 52.1 Å². The van der Waals surface area contributed by atoms with Gasteiger partial charge in [-0.2, -0.15) is 0 Å². The molecule has 0 amide bonds. The minimum absolute atomic E-state index is 0.321. The maximum Gasteiger partial charge on any atom is 0.0383 e. The normalized spacial score (nSPS) is 22.3. The minimum Gasteiger partial charge on any atom is -0.399 e. The summed E-state index contributed by atoms with van der Waals surface area (Å²) < 4.78 is 0. The van der Waals surface area contributed by atoms with Crippen molar-refractivity contribution in [2.75, 3.05) is 0 Å². The van der Waals surface area contributed by atoms with Gasteiger partial charge in [-0.25, -0.2) is 0 Å². The van der Waals surface area contributed by atoms with Crippen LogP contribution in [-0.4, -0.2) is 6.04 Å². The van der Waals surface area contributed by atoms with Crippen molar-refractivity contribution in [1.82, 2.24) is 5.32 Å². The van der Waals surface area contributed by atoms with Crippen LogP contribution in [0, 0.1) is 13.8 Å². The number of allylic oxidation sites excluding steroid dienone is 3. The van der Waals surface area contributed by atoms with E-state index in [0.717, 1.165) is 25.0 Å². The third-order valence-electron chi connectivity index (χ3n) is 4.90. The lowest BCUT2D eigenvalue weighted by Crippen LogP contribution is -2.37. The van der Waals surface area contributed by atoms with Crippen LogP contribution in [0.4, 0.5) is 0 Å². The Bertz CT molecular complexity index is 644. The third kappa shape index (κ3) is 2.76. The number of aryl methyl sites for hydroxylation is 2. The van der Waals surface area contributed by atoms with Gasteiger partial charge in [-0.15, -0.1) is 0 Å². The summed E-state index contributed by atoms with van der Waals surface area (Å²) >= 11 is 0. The second kappa shape index (κ2) is 6.13. The van der Waals surface area contributed by atoms with Crippen molar-refractivity contribution < 1.29 is 0 Å². The average Bonchev–Trinajstić information content (AvgIpc) is 2.47. The van der Waals surface area contributed by atoms with E-state index in [-0.39, 0.29) is 0 Å². The van der Waals surface area contributed by atoms with E-state index in [1.54, 1.807) is 0 Å². The molecule has 1 aromatic carbocycles. The van der Waals surface area contributed by atoms with Gasteiger partial charge in [0, 0.05) is 17.8 Å². The van der Waals surface area contributed by atoms with E-state index in [9.17, 15) is 0 Å². The predicted molar refractivity (Wildman–Crippen MR) is 93.5 cm³/mol. The Hall–Kier alpha value is -1.80. The molecule has 0 bridgehead atoms. The van der Waals surface area contributed by atoms with Crippen molar-refractivity contribution in [3.8, 4) is 0 Å². The molecular weight excluding hydrogens is 268 g/mol. The number of benzene rings is 1. The van der Waals surface area contributed by atoms with Crippen molar-refractivity contribution in [2.24, 2.45) is 5.73 Å². The molecule has 0 aliphatic heterocycles. The second-order valence-corrected chi connectivity index (χ2v) is 6.52. The highest BCUT2D eigenvalue weighted by Gasteiger charge is 2.25. The van der Waals surface area contributed by atoms with Crippen molar-refractivity contribution >= 4 is 0 Å². The number of nitrogens with one attached hydrogen (secondary N) is 1. The van der Waals surface area contributed by atoms with Crippen LogP contribution in [0.25, 0.3) is 0 Å². The molecule has 22 heavy (non-hydrogen) atoms. The fraction of sp³-hybridized carbons (Fsp3) is 0.400. The summed E-state index contributed by atoms with van der Waals surface area (Å²) in [6, 6.07) is 7.17. The van der Waals surface area contributed by atoms with Gasteiger partial charge in [0.15, 0.2) is 0 Å². The minimum atomic E-state index is 0.321. The molecule has 2 aliphatic rings. The van der Waals surface area contributed by atoms with Crippen molar-refractivity contribution in [1.29, 1.82) is 0 Å². The van der Waals surface area contributed by atoms with Crippen LogP contribution < -0.4 is 11.1 Å². The van der Waals surface area contributed by atoms with Gasteiger partial charge in [0.05, 0.1) is 0 Å². The van der Waals surface area contributed by atoms with Crippen molar-refractivity contribution in [3.63, 3.8) is 0 Å². The molecule has 2 aliphatic carbocycles. The predicted octanol–water partition coefficient (Wildman–Crippen LogP) is 4.22. The average molecular weight is 294 g/mol. The van der Waals surface area contributed by atoms with Gasteiger partial charge >= 0.3 is 0 Å². The first-order valence-corrected chi connectivity index (χ1v) is 8.25. The van der Waals surface area contributed by atoms with E-state index in [1.807, 2.05) is 0 Å². The van der Waals surface area contributed by atoms with Gasteiger partial charge in [0.25, 0.3) is 0 Å². The molecule has 2 heteroatoms. The van der Waals surface area contributed by atoms with Crippen LogP contribution in [0.15, 0.2) is 53.3 Å². The molecule has 2 nitrogen and oxygen atoms in total. The lowest BCUT2D eigenvalue weighted by molar-refractivity contribution is 0.489. The molecule has 0 saturated carbocycles. The van der Waals surface area contributed by atoms with Crippen LogP contribution in [0.1, 0.15) is 48.9 Å². The molecule has 0 aromatic heterocycles. The van der Waals surface area contributed by atoms with Crippen LogP contribution in [0.5, 0.6) is 0 Å². The molecule has 3 rings (SSSR count).